The predicted octanol–water partition coefficient (Wildman–Crippen LogP) is 2.85. The molecule has 0 radical (unpaired) electrons. The van der Waals surface area contributed by atoms with Crippen LogP contribution in [-0.2, 0) is 4.79 Å². The van der Waals surface area contributed by atoms with E-state index in [0.717, 1.165) is 10.9 Å². The van der Waals surface area contributed by atoms with Crippen LogP contribution in [0.15, 0.2) is 22.7 Å². The normalized spacial score (nSPS) is 16.3. The zero-order valence-corrected chi connectivity index (χ0v) is 12.9. The second kappa shape index (κ2) is 5.46. The van der Waals surface area contributed by atoms with Crippen molar-refractivity contribution in [3.05, 3.63) is 22.7 Å². The Bertz CT molecular complexity index is 529. The third-order valence-corrected chi connectivity index (χ3v) is 4.41. The summed E-state index contributed by atoms with van der Waals surface area (Å²) in [4.78, 5) is 12.7. The molecule has 4 nitrogen and oxygen atoms in total. The van der Waals surface area contributed by atoms with Crippen LogP contribution >= 0.6 is 28.1 Å². The van der Waals surface area contributed by atoms with Gasteiger partial charge in [0.1, 0.15) is 5.75 Å². The molecule has 1 aromatic carbocycles. The summed E-state index contributed by atoms with van der Waals surface area (Å²) in [6, 6.07) is 5.43. The quantitative estimate of drug-likeness (QED) is 0.825. The van der Waals surface area contributed by atoms with Crippen molar-refractivity contribution in [3.8, 4) is 5.75 Å². The van der Waals surface area contributed by atoms with Gasteiger partial charge in [0.05, 0.1) is 23.2 Å². The molecule has 1 amide bonds. The summed E-state index contributed by atoms with van der Waals surface area (Å²) in [5.41, 5.74) is 5.64. The van der Waals surface area contributed by atoms with Crippen molar-refractivity contribution in [2.75, 3.05) is 12.4 Å². The molecule has 1 fully saturated rings. The van der Waals surface area contributed by atoms with E-state index in [-0.39, 0.29) is 10.9 Å². The number of thiocarbonyl (C=S) groups is 1. The lowest BCUT2D eigenvalue weighted by Crippen LogP contribution is -2.50. The average Bonchev–Trinajstić information content (AvgIpc) is 2.27. The van der Waals surface area contributed by atoms with E-state index in [1.807, 2.05) is 6.07 Å². The molecule has 6 heteroatoms. The Morgan fingerprint density at radius 1 is 1.53 bits per heavy atom. The zero-order valence-electron chi connectivity index (χ0n) is 10.5. The highest BCUT2D eigenvalue weighted by atomic mass is 79.9. The number of halogens is 1. The largest absolute Gasteiger partial charge is 0.495 e. The number of nitrogens with two attached hydrogens (primary N) is 1. The second-order valence-corrected chi connectivity index (χ2v) is 5.95. The van der Waals surface area contributed by atoms with Crippen LogP contribution in [0.4, 0.5) is 5.69 Å². The molecule has 1 aliphatic rings. The van der Waals surface area contributed by atoms with E-state index in [0.29, 0.717) is 24.3 Å². The molecule has 102 valence electrons. The molecule has 2 rings (SSSR count). The van der Waals surface area contributed by atoms with Crippen molar-refractivity contribution in [3.63, 3.8) is 0 Å². The van der Waals surface area contributed by atoms with E-state index in [1.165, 1.54) is 0 Å². The third kappa shape index (κ3) is 2.60. The van der Waals surface area contributed by atoms with Gasteiger partial charge in [0, 0.05) is 4.47 Å². The highest BCUT2D eigenvalue weighted by molar-refractivity contribution is 9.10. The van der Waals surface area contributed by atoms with E-state index >= 15 is 0 Å². The molecular weight excluding hydrogens is 328 g/mol. The first-order valence-electron chi connectivity index (χ1n) is 5.94. The molecule has 0 bridgehead atoms. The fourth-order valence-electron chi connectivity index (χ4n) is 2.14. The summed E-state index contributed by atoms with van der Waals surface area (Å²) in [6.45, 7) is 0. The molecule has 0 aliphatic heterocycles. The maximum atomic E-state index is 12.4. The van der Waals surface area contributed by atoms with Gasteiger partial charge in [-0.05, 0) is 31.0 Å². The van der Waals surface area contributed by atoms with Crippen LogP contribution in [0.3, 0.4) is 0 Å². The lowest BCUT2D eigenvalue weighted by molar-refractivity contribution is -0.125. The van der Waals surface area contributed by atoms with Gasteiger partial charge in [0.15, 0.2) is 0 Å². The van der Waals surface area contributed by atoms with Crippen molar-refractivity contribution in [2.45, 2.75) is 19.3 Å². The van der Waals surface area contributed by atoms with Crippen LogP contribution in [0.5, 0.6) is 5.75 Å². The highest BCUT2D eigenvalue weighted by Gasteiger charge is 2.47. The number of carbonyl (C=O) groups is 1. The SMILES string of the molecule is COc1ccc(Br)cc1NC(=O)C1(C(N)=S)CCC1. The van der Waals surface area contributed by atoms with Crippen LogP contribution in [0.25, 0.3) is 0 Å². The van der Waals surface area contributed by atoms with Gasteiger partial charge in [0.25, 0.3) is 0 Å². The minimum absolute atomic E-state index is 0.150. The Balaban J connectivity index is 2.23. The summed E-state index contributed by atoms with van der Waals surface area (Å²) in [5.74, 6) is 0.455. The van der Waals surface area contributed by atoms with Gasteiger partial charge in [-0.15, -0.1) is 0 Å². The molecule has 0 heterocycles. The summed E-state index contributed by atoms with van der Waals surface area (Å²) in [5, 5.41) is 2.86. The molecule has 0 atom stereocenters. The number of hydrogen-bond donors (Lipinski definition) is 2. The minimum Gasteiger partial charge on any atom is -0.495 e. The first kappa shape index (κ1) is 14.3. The lowest BCUT2D eigenvalue weighted by Gasteiger charge is -2.39. The van der Waals surface area contributed by atoms with Gasteiger partial charge in [-0.1, -0.05) is 34.6 Å². The molecule has 1 saturated carbocycles. The molecule has 0 saturated heterocycles. The van der Waals surface area contributed by atoms with E-state index in [2.05, 4.69) is 21.2 Å². The topological polar surface area (TPSA) is 64.3 Å². The maximum absolute atomic E-state index is 12.4. The predicted molar refractivity (Wildman–Crippen MR) is 82.4 cm³/mol. The summed E-state index contributed by atoms with van der Waals surface area (Å²) in [6.07, 6.45) is 2.40. The van der Waals surface area contributed by atoms with Crippen LogP contribution in [0.2, 0.25) is 0 Å². The number of rotatable bonds is 4. The number of benzene rings is 1. The molecule has 3 N–H and O–H groups in total. The van der Waals surface area contributed by atoms with E-state index in [1.54, 1.807) is 19.2 Å². The first-order valence-corrected chi connectivity index (χ1v) is 7.14. The number of carbonyl (C=O) groups excluding carboxylic acids is 1. The van der Waals surface area contributed by atoms with E-state index < -0.39 is 5.41 Å². The van der Waals surface area contributed by atoms with Crippen molar-refractivity contribution >= 4 is 44.7 Å². The highest BCUT2D eigenvalue weighted by Crippen LogP contribution is 2.43. The van der Waals surface area contributed by atoms with Crippen LogP contribution in [0.1, 0.15) is 19.3 Å². The van der Waals surface area contributed by atoms with Crippen molar-refractivity contribution in [1.29, 1.82) is 0 Å². The number of ether oxygens (including phenoxy) is 1. The third-order valence-electron chi connectivity index (χ3n) is 3.52. The Hall–Kier alpha value is -1.14. The monoisotopic (exact) mass is 342 g/mol. The van der Waals surface area contributed by atoms with Gasteiger partial charge in [-0.25, -0.2) is 0 Å². The maximum Gasteiger partial charge on any atom is 0.237 e. The van der Waals surface area contributed by atoms with Crippen LogP contribution in [0, 0.1) is 5.41 Å². The Morgan fingerprint density at radius 3 is 2.68 bits per heavy atom. The minimum atomic E-state index is -0.692. The zero-order chi connectivity index (χ0) is 14.0. The lowest BCUT2D eigenvalue weighted by atomic mass is 9.68. The fourth-order valence-corrected chi connectivity index (χ4v) is 2.79. The number of hydrogen-bond acceptors (Lipinski definition) is 3. The second-order valence-electron chi connectivity index (χ2n) is 4.60. The summed E-state index contributed by atoms with van der Waals surface area (Å²) >= 11 is 8.41. The van der Waals surface area contributed by atoms with Gasteiger partial charge in [-0.2, -0.15) is 0 Å². The van der Waals surface area contributed by atoms with E-state index in [4.69, 9.17) is 22.7 Å². The number of nitrogens with one attached hydrogen (secondary N) is 1. The van der Waals surface area contributed by atoms with Gasteiger partial charge in [-0.3, -0.25) is 4.79 Å². The van der Waals surface area contributed by atoms with Gasteiger partial charge < -0.3 is 15.8 Å². The van der Waals surface area contributed by atoms with Crippen molar-refractivity contribution in [1.82, 2.24) is 0 Å². The van der Waals surface area contributed by atoms with Gasteiger partial charge >= 0.3 is 0 Å². The van der Waals surface area contributed by atoms with E-state index in [9.17, 15) is 4.79 Å². The van der Waals surface area contributed by atoms with Gasteiger partial charge in [0.2, 0.25) is 5.91 Å². The number of methoxy groups -OCH3 is 1. The Morgan fingerprint density at radius 2 is 2.21 bits per heavy atom. The molecule has 0 aromatic heterocycles. The smallest absolute Gasteiger partial charge is 0.237 e. The standard InChI is InChI=1S/C13H15BrN2O2S/c1-18-10-4-3-8(14)7-9(10)16-12(17)13(11(15)19)5-2-6-13/h3-4,7H,2,5-6H2,1H3,(H2,15,19)(H,16,17). The number of anilines is 1. The molecular formula is C13H15BrN2O2S. The Labute approximate surface area is 125 Å². The molecule has 1 aromatic rings. The average molecular weight is 343 g/mol. The first-order chi connectivity index (χ1) is 8.99. The molecule has 0 spiro atoms. The van der Waals surface area contributed by atoms with Crippen LogP contribution < -0.4 is 15.8 Å². The summed E-state index contributed by atoms with van der Waals surface area (Å²) in [7, 11) is 1.56. The fraction of sp³-hybridized carbons (Fsp3) is 0.385. The molecule has 19 heavy (non-hydrogen) atoms. The Kier molecular flexibility index (Phi) is 4.10. The van der Waals surface area contributed by atoms with Crippen molar-refractivity contribution in [2.24, 2.45) is 11.1 Å². The molecule has 0 unspecified atom stereocenters. The van der Waals surface area contributed by atoms with Crippen LogP contribution in [-0.4, -0.2) is 18.0 Å². The molecule has 1 aliphatic carbocycles. The number of amides is 1. The van der Waals surface area contributed by atoms with Crippen molar-refractivity contribution < 1.29 is 9.53 Å². The summed E-state index contributed by atoms with van der Waals surface area (Å²) < 4.78 is 6.09.